The van der Waals surface area contributed by atoms with Crippen LogP contribution >= 0.6 is 27.7 Å². The molecule has 1 N–H and O–H groups in total. The van der Waals surface area contributed by atoms with Crippen LogP contribution in [0.3, 0.4) is 0 Å². The molecule has 0 atom stereocenters. The van der Waals surface area contributed by atoms with Crippen LogP contribution in [-0.2, 0) is 0 Å². The van der Waals surface area contributed by atoms with Crippen molar-refractivity contribution < 1.29 is 9.18 Å². The second-order valence-corrected chi connectivity index (χ2v) is 5.54. The number of benzene rings is 2. The summed E-state index contributed by atoms with van der Waals surface area (Å²) >= 11 is 4.79. The lowest BCUT2D eigenvalue weighted by molar-refractivity contribution is 0.102. The average Bonchev–Trinajstić information content (AvgIpc) is 2.38. The molecule has 0 fully saturated rings. The van der Waals surface area contributed by atoms with E-state index in [2.05, 4.69) is 21.2 Å². The van der Waals surface area contributed by atoms with Crippen molar-refractivity contribution in [3.63, 3.8) is 0 Å². The number of halogens is 2. The van der Waals surface area contributed by atoms with E-state index >= 15 is 0 Å². The zero-order chi connectivity index (χ0) is 13.8. The fourth-order valence-corrected chi connectivity index (χ4v) is 2.56. The molecule has 0 spiro atoms. The van der Waals surface area contributed by atoms with Crippen LogP contribution in [0.4, 0.5) is 10.1 Å². The van der Waals surface area contributed by atoms with Crippen LogP contribution in [0.2, 0.25) is 0 Å². The Morgan fingerprint density at radius 2 is 2.05 bits per heavy atom. The molecule has 2 aromatic rings. The van der Waals surface area contributed by atoms with Crippen molar-refractivity contribution in [3.8, 4) is 0 Å². The summed E-state index contributed by atoms with van der Waals surface area (Å²) in [5.74, 6) is -0.655. The fourth-order valence-electron chi connectivity index (χ4n) is 1.57. The Morgan fingerprint density at radius 3 is 2.74 bits per heavy atom. The molecule has 5 heteroatoms. The predicted molar refractivity (Wildman–Crippen MR) is 80.3 cm³/mol. The molecule has 0 saturated carbocycles. The van der Waals surface area contributed by atoms with E-state index in [1.54, 1.807) is 11.8 Å². The molecule has 0 saturated heterocycles. The summed E-state index contributed by atoms with van der Waals surface area (Å²) in [4.78, 5) is 13.1. The number of anilines is 1. The lowest BCUT2D eigenvalue weighted by atomic mass is 10.2. The summed E-state index contributed by atoms with van der Waals surface area (Å²) in [5.41, 5.74) is 1.11. The number of carbonyl (C=O) groups excluding carboxylic acids is 1. The van der Waals surface area contributed by atoms with Crippen molar-refractivity contribution in [2.75, 3.05) is 11.6 Å². The molecule has 0 heterocycles. The minimum atomic E-state index is -0.382. The Labute approximate surface area is 123 Å². The van der Waals surface area contributed by atoms with E-state index in [1.807, 2.05) is 30.5 Å². The standard InChI is InChI=1S/C14H11BrFNOS/c1-19-11-4-2-3-10(8-11)17-14(18)12-6-5-9(16)7-13(12)15/h2-8H,1H3,(H,17,18). The second-order valence-electron chi connectivity index (χ2n) is 3.81. The molecule has 0 aromatic heterocycles. The largest absolute Gasteiger partial charge is 0.322 e. The number of thioether (sulfide) groups is 1. The number of hydrogen-bond acceptors (Lipinski definition) is 2. The Kier molecular flexibility index (Phi) is 4.61. The van der Waals surface area contributed by atoms with Crippen molar-refractivity contribution in [1.82, 2.24) is 0 Å². The van der Waals surface area contributed by atoms with E-state index in [1.165, 1.54) is 18.2 Å². The molecule has 2 rings (SSSR count). The van der Waals surface area contributed by atoms with Gasteiger partial charge in [-0.15, -0.1) is 11.8 Å². The zero-order valence-corrected chi connectivity index (χ0v) is 12.5. The van der Waals surface area contributed by atoms with Crippen LogP contribution in [0.5, 0.6) is 0 Å². The molecule has 0 radical (unpaired) electrons. The number of nitrogens with one attached hydrogen (secondary N) is 1. The third kappa shape index (κ3) is 3.58. The molecule has 0 bridgehead atoms. The molecule has 19 heavy (non-hydrogen) atoms. The van der Waals surface area contributed by atoms with E-state index in [0.717, 1.165) is 4.90 Å². The van der Waals surface area contributed by atoms with E-state index < -0.39 is 0 Å². The van der Waals surface area contributed by atoms with E-state index in [9.17, 15) is 9.18 Å². The summed E-state index contributed by atoms with van der Waals surface area (Å²) in [6, 6.07) is 11.5. The van der Waals surface area contributed by atoms with Gasteiger partial charge in [-0.2, -0.15) is 0 Å². The van der Waals surface area contributed by atoms with Gasteiger partial charge in [0.05, 0.1) is 5.56 Å². The fraction of sp³-hybridized carbons (Fsp3) is 0.0714. The van der Waals surface area contributed by atoms with Crippen LogP contribution in [-0.4, -0.2) is 12.2 Å². The summed E-state index contributed by atoms with van der Waals surface area (Å²) < 4.78 is 13.4. The molecule has 2 aromatic carbocycles. The molecule has 1 amide bonds. The maximum Gasteiger partial charge on any atom is 0.256 e. The Hall–Kier alpha value is -1.33. The first-order valence-electron chi connectivity index (χ1n) is 5.50. The smallest absolute Gasteiger partial charge is 0.256 e. The monoisotopic (exact) mass is 339 g/mol. The highest BCUT2D eigenvalue weighted by atomic mass is 79.9. The van der Waals surface area contributed by atoms with Crippen LogP contribution in [0.15, 0.2) is 51.8 Å². The molecule has 0 aliphatic rings. The number of hydrogen-bond donors (Lipinski definition) is 1. The first kappa shape index (κ1) is 14.1. The van der Waals surface area contributed by atoms with Gasteiger partial charge in [0, 0.05) is 15.1 Å². The quantitative estimate of drug-likeness (QED) is 0.830. The Morgan fingerprint density at radius 1 is 1.26 bits per heavy atom. The third-order valence-electron chi connectivity index (χ3n) is 2.50. The summed E-state index contributed by atoms with van der Waals surface area (Å²) in [6.07, 6.45) is 1.97. The van der Waals surface area contributed by atoms with Crippen LogP contribution in [0.25, 0.3) is 0 Å². The highest BCUT2D eigenvalue weighted by Gasteiger charge is 2.11. The topological polar surface area (TPSA) is 29.1 Å². The predicted octanol–water partition coefficient (Wildman–Crippen LogP) is 4.56. The summed E-state index contributed by atoms with van der Waals surface area (Å²) in [5, 5.41) is 2.79. The molecule has 0 aliphatic heterocycles. The maximum absolute atomic E-state index is 13.0. The van der Waals surface area contributed by atoms with Crippen molar-refractivity contribution in [2.45, 2.75) is 4.90 Å². The number of rotatable bonds is 3. The molecule has 98 valence electrons. The first-order valence-corrected chi connectivity index (χ1v) is 7.52. The Balaban J connectivity index is 2.20. The van der Waals surface area contributed by atoms with Gasteiger partial charge < -0.3 is 5.32 Å². The van der Waals surface area contributed by atoms with Gasteiger partial charge >= 0.3 is 0 Å². The third-order valence-corrected chi connectivity index (χ3v) is 3.88. The summed E-state index contributed by atoms with van der Waals surface area (Å²) in [7, 11) is 0. The van der Waals surface area contributed by atoms with Gasteiger partial charge in [-0.1, -0.05) is 6.07 Å². The van der Waals surface area contributed by atoms with E-state index in [-0.39, 0.29) is 11.7 Å². The maximum atomic E-state index is 13.0. The first-order chi connectivity index (χ1) is 9.10. The van der Waals surface area contributed by atoms with Crippen molar-refractivity contribution in [1.29, 1.82) is 0 Å². The molecular formula is C14H11BrFNOS. The zero-order valence-electron chi connectivity index (χ0n) is 10.1. The molecular weight excluding hydrogens is 329 g/mol. The number of amides is 1. The minimum absolute atomic E-state index is 0.273. The van der Waals surface area contributed by atoms with Gasteiger partial charge in [-0.05, 0) is 58.6 Å². The van der Waals surface area contributed by atoms with Gasteiger partial charge in [0.25, 0.3) is 5.91 Å². The highest BCUT2D eigenvalue weighted by molar-refractivity contribution is 9.10. The lowest BCUT2D eigenvalue weighted by Gasteiger charge is -2.08. The van der Waals surface area contributed by atoms with Crippen molar-refractivity contribution >= 4 is 39.3 Å². The summed E-state index contributed by atoms with van der Waals surface area (Å²) in [6.45, 7) is 0. The Bertz CT molecular complexity index is 618. The molecule has 0 aliphatic carbocycles. The van der Waals surface area contributed by atoms with E-state index in [0.29, 0.717) is 15.7 Å². The van der Waals surface area contributed by atoms with Crippen LogP contribution in [0.1, 0.15) is 10.4 Å². The lowest BCUT2D eigenvalue weighted by Crippen LogP contribution is -2.12. The van der Waals surface area contributed by atoms with Gasteiger partial charge in [-0.3, -0.25) is 4.79 Å². The molecule has 0 unspecified atom stereocenters. The van der Waals surface area contributed by atoms with Crippen LogP contribution < -0.4 is 5.32 Å². The van der Waals surface area contributed by atoms with Crippen LogP contribution in [0, 0.1) is 5.82 Å². The van der Waals surface area contributed by atoms with E-state index in [4.69, 9.17) is 0 Å². The van der Waals surface area contributed by atoms with Crippen molar-refractivity contribution in [3.05, 3.63) is 58.3 Å². The van der Waals surface area contributed by atoms with Gasteiger partial charge in [0.2, 0.25) is 0 Å². The number of carbonyl (C=O) groups is 1. The minimum Gasteiger partial charge on any atom is -0.322 e. The van der Waals surface area contributed by atoms with Gasteiger partial charge in [0.15, 0.2) is 0 Å². The molecule has 2 nitrogen and oxygen atoms in total. The second kappa shape index (κ2) is 6.21. The van der Waals surface area contributed by atoms with Gasteiger partial charge in [0.1, 0.15) is 5.82 Å². The SMILES string of the molecule is CSc1cccc(NC(=O)c2ccc(F)cc2Br)c1. The normalized spacial score (nSPS) is 10.3. The highest BCUT2D eigenvalue weighted by Crippen LogP contribution is 2.22. The average molecular weight is 340 g/mol. The van der Waals surface area contributed by atoms with Crippen molar-refractivity contribution in [2.24, 2.45) is 0 Å². The van der Waals surface area contributed by atoms with Gasteiger partial charge in [-0.25, -0.2) is 4.39 Å².